The Morgan fingerprint density at radius 3 is 2.79 bits per heavy atom. The van der Waals surface area contributed by atoms with Gasteiger partial charge in [-0.05, 0) is 43.7 Å². The SMILES string of the molecule is CCNC(=NCCC(C)c1cccc(C(F)(F)F)c1)N1CCC2(CCOC2)C1.I. The minimum atomic E-state index is -4.30. The van der Waals surface area contributed by atoms with Crippen LogP contribution < -0.4 is 5.32 Å². The number of aliphatic imine (C=N–C) groups is 1. The number of benzene rings is 1. The van der Waals surface area contributed by atoms with Crippen molar-refractivity contribution in [3.63, 3.8) is 0 Å². The van der Waals surface area contributed by atoms with Gasteiger partial charge in [-0.3, -0.25) is 4.99 Å². The molecule has 1 aromatic rings. The van der Waals surface area contributed by atoms with Crippen LogP contribution in [-0.4, -0.2) is 50.3 Å². The minimum Gasteiger partial charge on any atom is -0.381 e. The minimum absolute atomic E-state index is 0. The molecule has 2 heterocycles. The van der Waals surface area contributed by atoms with E-state index in [-0.39, 0.29) is 35.3 Å². The molecular formula is C21H31F3IN3O. The van der Waals surface area contributed by atoms with E-state index in [4.69, 9.17) is 9.73 Å². The summed E-state index contributed by atoms with van der Waals surface area (Å²) in [5.41, 5.74) is 0.384. The lowest BCUT2D eigenvalue weighted by Gasteiger charge is -2.25. The first-order valence-corrected chi connectivity index (χ1v) is 10.1. The Hall–Kier alpha value is -1.03. The predicted octanol–water partition coefficient (Wildman–Crippen LogP) is 4.89. The van der Waals surface area contributed by atoms with Crippen LogP contribution in [-0.2, 0) is 10.9 Å². The molecule has 2 aliphatic heterocycles. The molecule has 4 nitrogen and oxygen atoms in total. The number of guanidine groups is 1. The van der Waals surface area contributed by atoms with E-state index in [2.05, 4.69) is 10.2 Å². The first kappa shape index (κ1) is 24.2. The number of halogens is 4. The van der Waals surface area contributed by atoms with Crippen molar-refractivity contribution in [2.24, 2.45) is 10.4 Å². The molecule has 1 aromatic carbocycles. The highest BCUT2D eigenvalue weighted by molar-refractivity contribution is 14.0. The van der Waals surface area contributed by atoms with Crippen LogP contribution in [0.15, 0.2) is 29.3 Å². The fourth-order valence-corrected chi connectivity index (χ4v) is 4.07. The summed E-state index contributed by atoms with van der Waals surface area (Å²) < 4.78 is 44.4. The largest absolute Gasteiger partial charge is 0.416 e. The summed E-state index contributed by atoms with van der Waals surface area (Å²) >= 11 is 0. The van der Waals surface area contributed by atoms with Gasteiger partial charge in [0.25, 0.3) is 0 Å². The number of ether oxygens (including phenoxy) is 1. The lowest BCUT2D eigenvalue weighted by molar-refractivity contribution is -0.137. The molecule has 0 saturated carbocycles. The van der Waals surface area contributed by atoms with Crippen LogP contribution in [0.5, 0.6) is 0 Å². The van der Waals surface area contributed by atoms with Crippen molar-refractivity contribution in [3.05, 3.63) is 35.4 Å². The first-order valence-electron chi connectivity index (χ1n) is 10.1. The molecule has 2 atom stereocenters. The number of nitrogens with zero attached hydrogens (tertiary/aromatic N) is 2. The highest BCUT2D eigenvalue weighted by atomic mass is 127. The molecule has 0 amide bonds. The predicted molar refractivity (Wildman–Crippen MR) is 120 cm³/mol. The highest BCUT2D eigenvalue weighted by Crippen LogP contribution is 2.38. The summed E-state index contributed by atoms with van der Waals surface area (Å²) in [6.45, 7) is 8.98. The summed E-state index contributed by atoms with van der Waals surface area (Å²) in [6.07, 6.45) is -1.37. The molecule has 29 heavy (non-hydrogen) atoms. The highest BCUT2D eigenvalue weighted by Gasteiger charge is 2.42. The lowest BCUT2D eigenvalue weighted by atomic mass is 9.87. The first-order chi connectivity index (χ1) is 13.3. The molecule has 2 saturated heterocycles. The second-order valence-electron chi connectivity index (χ2n) is 8.02. The van der Waals surface area contributed by atoms with Gasteiger partial charge in [-0.2, -0.15) is 13.2 Å². The van der Waals surface area contributed by atoms with Crippen LogP contribution in [0.1, 0.15) is 50.2 Å². The van der Waals surface area contributed by atoms with Gasteiger partial charge >= 0.3 is 6.18 Å². The summed E-state index contributed by atoms with van der Waals surface area (Å²) in [4.78, 5) is 7.05. The van der Waals surface area contributed by atoms with Gasteiger partial charge in [0.2, 0.25) is 0 Å². The maximum atomic E-state index is 12.9. The normalized spacial score (nSPS) is 23.3. The van der Waals surface area contributed by atoms with Gasteiger partial charge in [-0.1, -0.05) is 25.1 Å². The van der Waals surface area contributed by atoms with Gasteiger partial charge in [0.15, 0.2) is 5.96 Å². The molecule has 8 heteroatoms. The monoisotopic (exact) mass is 525 g/mol. The van der Waals surface area contributed by atoms with Crippen LogP contribution in [0.2, 0.25) is 0 Å². The third kappa shape index (κ3) is 6.23. The molecule has 1 spiro atoms. The molecule has 0 aliphatic carbocycles. The van der Waals surface area contributed by atoms with E-state index in [1.54, 1.807) is 6.07 Å². The molecule has 1 N–H and O–H groups in total. The number of alkyl halides is 3. The number of nitrogens with one attached hydrogen (secondary N) is 1. The van der Waals surface area contributed by atoms with E-state index in [0.29, 0.717) is 18.5 Å². The Morgan fingerprint density at radius 1 is 1.34 bits per heavy atom. The van der Waals surface area contributed by atoms with Gasteiger partial charge < -0.3 is 15.0 Å². The summed E-state index contributed by atoms with van der Waals surface area (Å²) in [7, 11) is 0. The smallest absolute Gasteiger partial charge is 0.381 e. The van der Waals surface area contributed by atoms with Crippen molar-refractivity contribution >= 4 is 29.9 Å². The van der Waals surface area contributed by atoms with Gasteiger partial charge in [0.1, 0.15) is 0 Å². The van der Waals surface area contributed by atoms with Crippen molar-refractivity contribution in [1.82, 2.24) is 10.2 Å². The zero-order valence-electron chi connectivity index (χ0n) is 17.1. The van der Waals surface area contributed by atoms with Crippen LogP contribution in [0.4, 0.5) is 13.2 Å². The Labute approximate surface area is 188 Å². The third-order valence-electron chi connectivity index (χ3n) is 5.86. The van der Waals surface area contributed by atoms with Gasteiger partial charge in [-0.15, -0.1) is 24.0 Å². The Kier molecular flexibility index (Phi) is 8.63. The molecule has 2 unspecified atom stereocenters. The Bertz CT molecular complexity index is 690. The molecule has 0 bridgehead atoms. The second kappa shape index (κ2) is 10.3. The fourth-order valence-electron chi connectivity index (χ4n) is 4.07. The molecule has 0 radical (unpaired) electrons. The van der Waals surface area contributed by atoms with Crippen LogP contribution in [0.25, 0.3) is 0 Å². The topological polar surface area (TPSA) is 36.9 Å². The standard InChI is InChI=1S/C21H30F3N3O.HI/c1-3-25-19(27-11-8-20(14-27)9-12-28-15-20)26-10-7-16(2)17-5-4-6-18(13-17)21(22,23)24;/h4-6,13,16H,3,7-12,14-15H2,1-2H3,(H,25,26);1H. The van der Waals surface area contributed by atoms with Gasteiger partial charge in [0.05, 0.1) is 12.2 Å². The molecule has 2 aliphatic rings. The Morgan fingerprint density at radius 2 is 2.14 bits per heavy atom. The molecule has 2 fully saturated rings. The molecule has 0 aromatic heterocycles. The van der Waals surface area contributed by atoms with E-state index >= 15 is 0 Å². The van der Waals surface area contributed by atoms with E-state index < -0.39 is 11.7 Å². The lowest BCUT2D eigenvalue weighted by Crippen LogP contribution is -2.41. The van der Waals surface area contributed by atoms with Crippen LogP contribution in [0, 0.1) is 5.41 Å². The summed E-state index contributed by atoms with van der Waals surface area (Å²) in [5, 5.41) is 3.36. The molecular weight excluding hydrogens is 494 g/mol. The van der Waals surface area contributed by atoms with Gasteiger partial charge in [-0.25, -0.2) is 0 Å². The molecule has 164 valence electrons. The van der Waals surface area contributed by atoms with Crippen molar-refractivity contribution in [2.75, 3.05) is 39.4 Å². The van der Waals surface area contributed by atoms with Crippen LogP contribution in [0.3, 0.4) is 0 Å². The average molecular weight is 525 g/mol. The van der Waals surface area contributed by atoms with E-state index in [0.717, 1.165) is 57.7 Å². The van der Waals surface area contributed by atoms with E-state index in [1.165, 1.54) is 12.1 Å². The van der Waals surface area contributed by atoms with Crippen molar-refractivity contribution in [3.8, 4) is 0 Å². The Balaban J connectivity index is 0.00000300. The number of likely N-dealkylation sites (tertiary alicyclic amines) is 1. The zero-order chi connectivity index (χ0) is 20.2. The maximum Gasteiger partial charge on any atom is 0.416 e. The zero-order valence-corrected chi connectivity index (χ0v) is 19.4. The average Bonchev–Trinajstić information content (AvgIpc) is 3.30. The van der Waals surface area contributed by atoms with Crippen LogP contribution >= 0.6 is 24.0 Å². The van der Waals surface area contributed by atoms with E-state index in [1.807, 2.05) is 13.8 Å². The number of hydrogen-bond acceptors (Lipinski definition) is 2. The van der Waals surface area contributed by atoms with Crippen molar-refractivity contribution < 1.29 is 17.9 Å². The van der Waals surface area contributed by atoms with E-state index in [9.17, 15) is 13.2 Å². The quantitative estimate of drug-likeness (QED) is 0.338. The van der Waals surface area contributed by atoms with Crippen molar-refractivity contribution in [1.29, 1.82) is 0 Å². The third-order valence-corrected chi connectivity index (χ3v) is 5.86. The second-order valence-corrected chi connectivity index (χ2v) is 8.02. The number of hydrogen-bond donors (Lipinski definition) is 1. The maximum absolute atomic E-state index is 12.9. The summed E-state index contributed by atoms with van der Waals surface area (Å²) in [5.74, 6) is 0.921. The fraction of sp³-hybridized carbons (Fsp3) is 0.667. The number of rotatable bonds is 5. The summed E-state index contributed by atoms with van der Waals surface area (Å²) in [6, 6.07) is 5.62. The molecule has 3 rings (SSSR count). The van der Waals surface area contributed by atoms with Gasteiger partial charge in [0, 0.05) is 38.2 Å². The van der Waals surface area contributed by atoms with Crippen molar-refractivity contribution in [2.45, 2.75) is 45.2 Å².